The highest BCUT2D eigenvalue weighted by Gasteiger charge is 2.73. The molecular formula is C21H28N2O6S. The number of amides is 2. The van der Waals surface area contributed by atoms with Crippen LogP contribution in [0.4, 0.5) is 0 Å². The Balaban J connectivity index is 1.70. The van der Waals surface area contributed by atoms with Crippen LogP contribution in [0.3, 0.4) is 0 Å². The van der Waals surface area contributed by atoms with Crippen LogP contribution in [0.5, 0.6) is 5.75 Å². The zero-order chi connectivity index (χ0) is 22.4. The van der Waals surface area contributed by atoms with Gasteiger partial charge in [0, 0.05) is 0 Å². The highest BCUT2D eigenvalue weighted by atomic mass is 32.2. The molecule has 2 aliphatic heterocycles. The van der Waals surface area contributed by atoms with Crippen molar-refractivity contribution in [3.63, 3.8) is 0 Å². The summed E-state index contributed by atoms with van der Waals surface area (Å²) < 4.78 is 22.6. The van der Waals surface area contributed by atoms with Gasteiger partial charge >= 0.3 is 5.97 Å². The summed E-state index contributed by atoms with van der Waals surface area (Å²) in [6.45, 7) is 8.57. The van der Waals surface area contributed by atoms with Crippen molar-refractivity contribution in [3.05, 3.63) is 29.8 Å². The normalized spacial score (nSPS) is 27.2. The molecule has 3 rings (SSSR count). The Morgan fingerprint density at radius 2 is 1.83 bits per heavy atom. The summed E-state index contributed by atoms with van der Waals surface area (Å²) in [5.41, 5.74) is 0.0311. The molecule has 1 aromatic carbocycles. The number of nitrogens with one attached hydrogen (secondary N) is 1. The van der Waals surface area contributed by atoms with Gasteiger partial charge < -0.3 is 19.3 Å². The van der Waals surface area contributed by atoms with E-state index < -0.39 is 50.9 Å². The van der Waals surface area contributed by atoms with Gasteiger partial charge in [-0.05, 0) is 63.5 Å². The SMILES string of the molecule is COc1ccc(CC(=O)N[C@@H]2C(=O)N3[C@@H]2[S@@+]([O-])C(C)(C)[C@@H]3C(=O)OC(C)(C)C)cc1. The summed E-state index contributed by atoms with van der Waals surface area (Å²) >= 11 is -1.55. The Morgan fingerprint density at radius 1 is 1.23 bits per heavy atom. The first-order chi connectivity index (χ1) is 13.9. The lowest BCUT2D eigenvalue weighted by atomic mass is 9.95. The molecule has 1 aromatic rings. The third kappa shape index (κ3) is 4.00. The molecule has 0 radical (unpaired) electrons. The van der Waals surface area contributed by atoms with Crippen molar-refractivity contribution in [1.29, 1.82) is 0 Å². The maximum atomic E-state index is 13.1. The van der Waals surface area contributed by atoms with Gasteiger partial charge in [0.1, 0.15) is 11.4 Å². The largest absolute Gasteiger partial charge is 0.614 e. The molecule has 2 aliphatic rings. The van der Waals surface area contributed by atoms with Gasteiger partial charge in [0.25, 0.3) is 5.91 Å². The minimum absolute atomic E-state index is 0.0754. The van der Waals surface area contributed by atoms with Crippen LogP contribution in [-0.2, 0) is 36.7 Å². The van der Waals surface area contributed by atoms with Gasteiger partial charge in [0.2, 0.25) is 11.3 Å². The first kappa shape index (κ1) is 22.4. The number of carbonyl (C=O) groups excluding carboxylic acids is 3. The third-order valence-corrected chi connectivity index (χ3v) is 7.42. The van der Waals surface area contributed by atoms with Gasteiger partial charge in [0.05, 0.1) is 13.5 Å². The number of rotatable bonds is 5. The van der Waals surface area contributed by atoms with Gasteiger partial charge in [-0.3, -0.25) is 14.5 Å². The van der Waals surface area contributed by atoms with Crippen molar-refractivity contribution in [2.75, 3.05) is 7.11 Å². The lowest BCUT2D eigenvalue weighted by molar-refractivity contribution is -0.171. The first-order valence-electron chi connectivity index (χ1n) is 9.75. The summed E-state index contributed by atoms with van der Waals surface area (Å²) in [4.78, 5) is 39.3. The number of carbonyl (C=O) groups is 3. The van der Waals surface area contributed by atoms with Crippen LogP contribution in [0, 0.1) is 0 Å². The predicted molar refractivity (Wildman–Crippen MR) is 111 cm³/mol. The highest BCUT2D eigenvalue weighted by molar-refractivity contribution is 7.94. The molecule has 8 nitrogen and oxygen atoms in total. The molecule has 0 saturated carbocycles. The van der Waals surface area contributed by atoms with E-state index in [0.29, 0.717) is 5.75 Å². The molecule has 0 aromatic heterocycles. The smallest absolute Gasteiger partial charge is 0.335 e. The van der Waals surface area contributed by atoms with Gasteiger partial charge in [-0.2, -0.15) is 0 Å². The number of hydrogen-bond acceptors (Lipinski definition) is 6. The van der Waals surface area contributed by atoms with E-state index in [0.717, 1.165) is 5.56 Å². The molecule has 0 aliphatic carbocycles. The van der Waals surface area contributed by atoms with E-state index in [1.165, 1.54) is 4.90 Å². The van der Waals surface area contributed by atoms with Crippen LogP contribution in [0.25, 0.3) is 0 Å². The fourth-order valence-corrected chi connectivity index (χ4v) is 5.70. The number of ether oxygens (including phenoxy) is 2. The van der Waals surface area contributed by atoms with Crippen LogP contribution in [0.15, 0.2) is 24.3 Å². The molecule has 0 unspecified atom stereocenters. The summed E-state index contributed by atoms with van der Waals surface area (Å²) in [6, 6.07) is 5.16. The number of hydrogen-bond donors (Lipinski definition) is 1. The minimum atomic E-state index is -1.55. The van der Waals surface area contributed by atoms with E-state index in [9.17, 15) is 18.9 Å². The lowest BCUT2D eigenvalue weighted by Crippen LogP contribution is -2.72. The fraction of sp³-hybridized carbons (Fsp3) is 0.571. The molecule has 2 saturated heterocycles. The second kappa shape index (κ2) is 7.77. The molecule has 2 amide bonds. The summed E-state index contributed by atoms with van der Waals surface area (Å²) in [5.74, 6) is -0.674. The van der Waals surface area contributed by atoms with Crippen molar-refractivity contribution in [1.82, 2.24) is 10.2 Å². The number of β-lactam (4-membered cyclic amide) rings is 1. The highest BCUT2D eigenvalue weighted by Crippen LogP contribution is 2.46. The van der Waals surface area contributed by atoms with Gasteiger partial charge in [-0.25, -0.2) is 4.79 Å². The average molecular weight is 437 g/mol. The van der Waals surface area contributed by atoms with Crippen molar-refractivity contribution >= 4 is 29.0 Å². The zero-order valence-electron chi connectivity index (χ0n) is 18.1. The Bertz CT molecular complexity index is 848. The maximum Gasteiger partial charge on any atom is 0.335 e. The molecule has 0 spiro atoms. The Labute approximate surface area is 179 Å². The molecule has 30 heavy (non-hydrogen) atoms. The first-order valence-corrected chi connectivity index (χ1v) is 11.0. The van der Waals surface area contributed by atoms with Crippen LogP contribution in [0.2, 0.25) is 0 Å². The standard InChI is InChI=1S/C21H28N2O6S/c1-20(2,3)29-19(26)16-21(4,5)30(27)18-15(17(25)23(16)18)22-14(24)11-12-7-9-13(28-6)10-8-12/h7-10,15-16,18H,11H2,1-6H3,(H,22,24)/t15-,16+,18-,30-/m1/s1. The summed E-state index contributed by atoms with van der Waals surface area (Å²) in [7, 11) is 1.56. The van der Waals surface area contributed by atoms with Crippen LogP contribution in [-0.4, -0.2) is 62.2 Å². The van der Waals surface area contributed by atoms with E-state index in [2.05, 4.69) is 5.32 Å². The number of methoxy groups -OCH3 is 1. The molecule has 2 fully saturated rings. The second-order valence-electron chi connectivity index (χ2n) is 9.04. The molecular weight excluding hydrogens is 408 g/mol. The summed E-state index contributed by atoms with van der Waals surface area (Å²) in [5, 5.41) is 1.94. The van der Waals surface area contributed by atoms with Crippen molar-refractivity contribution in [3.8, 4) is 5.75 Å². The lowest BCUT2D eigenvalue weighted by Gasteiger charge is -2.41. The molecule has 9 heteroatoms. The summed E-state index contributed by atoms with van der Waals surface area (Å²) in [6.07, 6.45) is 0.0754. The Morgan fingerprint density at radius 3 is 2.37 bits per heavy atom. The quantitative estimate of drug-likeness (QED) is 0.421. The van der Waals surface area contributed by atoms with Gasteiger partial charge in [-0.1, -0.05) is 12.1 Å². The van der Waals surface area contributed by atoms with E-state index in [-0.39, 0.29) is 12.3 Å². The number of benzene rings is 1. The topological polar surface area (TPSA) is 108 Å². The average Bonchev–Trinajstić information content (AvgIpc) is 2.83. The Hall–Kier alpha value is -2.26. The van der Waals surface area contributed by atoms with Gasteiger partial charge in [-0.15, -0.1) is 0 Å². The van der Waals surface area contributed by atoms with Crippen LogP contribution >= 0.6 is 0 Å². The minimum Gasteiger partial charge on any atom is -0.614 e. The van der Waals surface area contributed by atoms with E-state index in [1.807, 2.05) is 0 Å². The van der Waals surface area contributed by atoms with Crippen molar-refractivity contribution < 1.29 is 28.4 Å². The molecule has 2 heterocycles. The zero-order valence-corrected chi connectivity index (χ0v) is 18.9. The predicted octanol–water partition coefficient (Wildman–Crippen LogP) is 1.14. The van der Waals surface area contributed by atoms with Crippen molar-refractivity contribution in [2.24, 2.45) is 0 Å². The van der Waals surface area contributed by atoms with E-state index in [4.69, 9.17) is 9.47 Å². The van der Waals surface area contributed by atoms with E-state index in [1.54, 1.807) is 66.0 Å². The van der Waals surface area contributed by atoms with Crippen molar-refractivity contribution in [2.45, 2.75) is 68.8 Å². The maximum absolute atomic E-state index is 13.1. The second-order valence-corrected chi connectivity index (χ2v) is 11.2. The Kier molecular flexibility index (Phi) is 5.81. The molecule has 164 valence electrons. The van der Waals surface area contributed by atoms with Gasteiger partial charge in [0.15, 0.2) is 16.8 Å². The third-order valence-electron chi connectivity index (χ3n) is 5.22. The molecule has 1 N–H and O–H groups in total. The fourth-order valence-electron chi connectivity index (χ4n) is 3.78. The number of nitrogens with zero attached hydrogens (tertiary/aromatic N) is 1. The molecule has 4 atom stereocenters. The van der Waals surface area contributed by atoms with Crippen LogP contribution < -0.4 is 10.1 Å². The van der Waals surface area contributed by atoms with Crippen LogP contribution in [0.1, 0.15) is 40.2 Å². The monoisotopic (exact) mass is 436 g/mol. The molecule has 0 bridgehead atoms. The van der Waals surface area contributed by atoms with E-state index >= 15 is 0 Å². The number of fused-ring (bicyclic) bond motifs is 1. The number of esters is 1.